The number of halogens is 1. The van der Waals surface area contributed by atoms with Gasteiger partial charge < -0.3 is 19.1 Å². The van der Waals surface area contributed by atoms with Crippen molar-refractivity contribution in [3.63, 3.8) is 0 Å². The number of rotatable bonds is 4. The van der Waals surface area contributed by atoms with E-state index in [1.807, 2.05) is 24.3 Å². The molecule has 6 nitrogen and oxygen atoms in total. The number of aromatic nitrogens is 1. The number of amides is 1. The zero-order valence-electron chi connectivity index (χ0n) is 16.4. The van der Waals surface area contributed by atoms with Gasteiger partial charge in [-0.15, -0.1) is 0 Å². The standard InChI is InChI=1S/C22H22FN3O3/c1-15-20(21(24-29-15)18-8-3-4-9-19(18)23)22(27)26-12-10-25(11-13-26)16-6-5-7-17(14-16)28-2/h3-9,14H,10-13H2,1-2H3. The third-order valence-electron chi connectivity index (χ3n) is 5.19. The van der Waals surface area contributed by atoms with E-state index in [1.165, 1.54) is 6.07 Å². The maximum atomic E-state index is 14.2. The van der Waals surface area contributed by atoms with Crippen molar-refractivity contribution in [2.75, 3.05) is 38.2 Å². The topological polar surface area (TPSA) is 58.8 Å². The van der Waals surface area contributed by atoms with Crippen molar-refractivity contribution in [3.05, 3.63) is 65.7 Å². The van der Waals surface area contributed by atoms with Crippen LogP contribution < -0.4 is 9.64 Å². The van der Waals surface area contributed by atoms with Crippen LogP contribution in [0, 0.1) is 12.7 Å². The summed E-state index contributed by atoms with van der Waals surface area (Å²) in [5.41, 5.74) is 1.90. The molecule has 0 aliphatic carbocycles. The van der Waals surface area contributed by atoms with Crippen LogP contribution in [0.15, 0.2) is 53.1 Å². The van der Waals surface area contributed by atoms with E-state index >= 15 is 0 Å². The second-order valence-electron chi connectivity index (χ2n) is 6.92. The molecule has 1 aliphatic rings. The predicted octanol–water partition coefficient (Wildman–Crippen LogP) is 3.76. The van der Waals surface area contributed by atoms with E-state index in [9.17, 15) is 9.18 Å². The summed E-state index contributed by atoms with van der Waals surface area (Å²) >= 11 is 0. The van der Waals surface area contributed by atoms with Crippen molar-refractivity contribution in [2.45, 2.75) is 6.92 Å². The molecule has 150 valence electrons. The zero-order chi connectivity index (χ0) is 20.4. The van der Waals surface area contributed by atoms with Gasteiger partial charge in [-0.05, 0) is 31.2 Å². The summed E-state index contributed by atoms with van der Waals surface area (Å²) in [7, 11) is 1.64. The minimum Gasteiger partial charge on any atom is -0.497 e. The molecule has 0 spiro atoms. The summed E-state index contributed by atoms with van der Waals surface area (Å²) in [6.07, 6.45) is 0. The first-order valence-electron chi connectivity index (χ1n) is 9.48. The van der Waals surface area contributed by atoms with Crippen LogP contribution in [0.2, 0.25) is 0 Å². The van der Waals surface area contributed by atoms with Crippen molar-refractivity contribution in [1.29, 1.82) is 0 Å². The Labute approximate surface area is 168 Å². The molecule has 2 heterocycles. The number of hydrogen-bond acceptors (Lipinski definition) is 5. The van der Waals surface area contributed by atoms with Gasteiger partial charge in [-0.3, -0.25) is 4.79 Å². The van der Waals surface area contributed by atoms with E-state index in [1.54, 1.807) is 37.1 Å². The molecule has 0 unspecified atom stereocenters. The highest BCUT2D eigenvalue weighted by molar-refractivity contribution is 6.01. The maximum absolute atomic E-state index is 14.2. The van der Waals surface area contributed by atoms with E-state index in [0.717, 1.165) is 11.4 Å². The lowest BCUT2D eigenvalue weighted by molar-refractivity contribution is 0.0745. The largest absolute Gasteiger partial charge is 0.497 e. The number of piperazine rings is 1. The summed E-state index contributed by atoms with van der Waals surface area (Å²) in [5.74, 6) is 0.573. The van der Waals surface area contributed by atoms with Crippen molar-refractivity contribution in [1.82, 2.24) is 10.1 Å². The molecular formula is C22H22FN3O3. The Morgan fingerprint density at radius 2 is 1.86 bits per heavy atom. The van der Waals surface area contributed by atoms with Gasteiger partial charge in [0.1, 0.15) is 28.6 Å². The third-order valence-corrected chi connectivity index (χ3v) is 5.19. The summed E-state index contributed by atoms with van der Waals surface area (Å²) in [6, 6.07) is 14.1. The number of anilines is 1. The highest BCUT2D eigenvalue weighted by atomic mass is 19.1. The molecule has 1 amide bonds. The highest BCUT2D eigenvalue weighted by Gasteiger charge is 2.29. The first-order valence-corrected chi connectivity index (χ1v) is 9.48. The van der Waals surface area contributed by atoms with Crippen molar-refractivity contribution in [3.8, 4) is 17.0 Å². The predicted molar refractivity (Wildman–Crippen MR) is 108 cm³/mol. The molecule has 2 aromatic carbocycles. The van der Waals surface area contributed by atoms with Gasteiger partial charge in [0.25, 0.3) is 5.91 Å². The van der Waals surface area contributed by atoms with Gasteiger partial charge in [-0.1, -0.05) is 23.4 Å². The Morgan fingerprint density at radius 1 is 1.10 bits per heavy atom. The van der Waals surface area contributed by atoms with Gasteiger partial charge in [0.15, 0.2) is 0 Å². The van der Waals surface area contributed by atoms with E-state index in [0.29, 0.717) is 37.5 Å². The molecule has 0 radical (unpaired) electrons. The van der Waals surface area contributed by atoms with Crippen LogP contribution in [0.3, 0.4) is 0 Å². The Hall–Kier alpha value is -3.35. The number of aryl methyl sites for hydroxylation is 1. The Kier molecular flexibility index (Phi) is 5.20. The minimum absolute atomic E-state index is 0.188. The molecule has 0 atom stereocenters. The van der Waals surface area contributed by atoms with Gasteiger partial charge in [0.2, 0.25) is 0 Å². The summed E-state index contributed by atoms with van der Waals surface area (Å²) < 4.78 is 24.8. The second kappa shape index (κ2) is 7.95. The molecular weight excluding hydrogens is 373 g/mol. The smallest absolute Gasteiger partial charge is 0.259 e. The minimum atomic E-state index is -0.433. The summed E-state index contributed by atoms with van der Waals surface area (Å²) in [5, 5.41) is 3.96. The fourth-order valence-corrected chi connectivity index (χ4v) is 3.59. The van der Waals surface area contributed by atoms with Crippen LogP contribution in [0.5, 0.6) is 5.75 Å². The third kappa shape index (κ3) is 3.68. The lowest BCUT2D eigenvalue weighted by Crippen LogP contribution is -2.49. The average molecular weight is 395 g/mol. The van der Waals surface area contributed by atoms with Gasteiger partial charge in [0, 0.05) is 43.5 Å². The Morgan fingerprint density at radius 3 is 2.59 bits per heavy atom. The number of hydrogen-bond donors (Lipinski definition) is 0. The Balaban J connectivity index is 1.52. The fraction of sp³-hybridized carbons (Fsp3) is 0.273. The maximum Gasteiger partial charge on any atom is 0.259 e. The van der Waals surface area contributed by atoms with Crippen LogP contribution in [0.1, 0.15) is 16.1 Å². The van der Waals surface area contributed by atoms with E-state index in [-0.39, 0.29) is 17.2 Å². The van der Waals surface area contributed by atoms with Crippen molar-refractivity contribution < 1.29 is 18.4 Å². The van der Waals surface area contributed by atoms with Crippen molar-refractivity contribution >= 4 is 11.6 Å². The molecule has 1 fully saturated rings. The summed E-state index contributed by atoms with van der Waals surface area (Å²) in [6.45, 7) is 4.17. The van der Waals surface area contributed by atoms with Crippen LogP contribution in [0.25, 0.3) is 11.3 Å². The molecule has 1 aliphatic heterocycles. The number of nitrogens with zero attached hydrogens (tertiary/aromatic N) is 3. The molecule has 3 aromatic rings. The highest BCUT2D eigenvalue weighted by Crippen LogP contribution is 2.29. The lowest BCUT2D eigenvalue weighted by Gasteiger charge is -2.36. The van der Waals surface area contributed by atoms with E-state index in [4.69, 9.17) is 9.26 Å². The van der Waals surface area contributed by atoms with Crippen molar-refractivity contribution in [2.24, 2.45) is 0 Å². The first-order chi connectivity index (χ1) is 14.1. The number of ether oxygens (including phenoxy) is 1. The van der Waals surface area contributed by atoms with Crippen LogP contribution >= 0.6 is 0 Å². The fourth-order valence-electron chi connectivity index (χ4n) is 3.59. The van der Waals surface area contributed by atoms with Crippen LogP contribution in [-0.4, -0.2) is 49.3 Å². The number of methoxy groups -OCH3 is 1. The van der Waals surface area contributed by atoms with Gasteiger partial charge >= 0.3 is 0 Å². The summed E-state index contributed by atoms with van der Waals surface area (Å²) in [4.78, 5) is 17.2. The van der Waals surface area contributed by atoms with E-state index in [2.05, 4.69) is 10.1 Å². The van der Waals surface area contributed by atoms with Gasteiger partial charge in [0.05, 0.1) is 7.11 Å². The molecule has 7 heteroatoms. The molecule has 0 N–H and O–H groups in total. The first kappa shape index (κ1) is 19.0. The van der Waals surface area contributed by atoms with Gasteiger partial charge in [-0.25, -0.2) is 4.39 Å². The van der Waals surface area contributed by atoms with Gasteiger partial charge in [-0.2, -0.15) is 0 Å². The molecule has 1 saturated heterocycles. The SMILES string of the molecule is COc1cccc(N2CCN(C(=O)c3c(-c4ccccc4F)noc3C)CC2)c1. The van der Waals surface area contributed by atoms with E-state index < -0.39 is 5.82 Å². The quantitative estimate of drug-likeness (QED) is 0.673. The molecule has 0 bridgehead atoms. The second-order valence-corrected chi connectivity index (χ2v) is 6.92. The molecule has 4 rings (SSSR count). The normalized spacial score (nSPS) is 14.2. The Bertz CT molecular complexity index is 1030. The number of carbonyl (C=O) groups is 1. The zero-order valence-corrected chi connectivity index (χ0v) is 16.4. The van der Waals surface area contributed by atoms with Crippen LogP contribution in [0.4, 0.5) is 10.1 Å². The molecule has 29 heavy (non-hydrogen) atoms. The van der Waals surface area contributed by atoms with Crippen LogP contribution in [-0.2, 0) is 0 Å². The monoisotopic (exact) mass is 395 g/mol. The molecule has 1 aromatic heterocycles. The number of benzene rings is 2. The lowest BCUT2D eigenvalue weighted by atomic mass is 10.0. The number of carbonyl (C=O) groups excluding carboxylic acids is 1. The molecule has 0 saturated carbocycles. The average Bonchev–Trinajstić information content (AvgIpc) is 3.15.